The van der Waals surface area contributed by atoms with E-state index in [9.17, 15) is 17.6 Å². The number of rotatable bonds is 7. The van der Waals surface area contributed by atoms with Gasteiger partial charge in [-0.05, 0) is 68.5 Å². The lowest BCUT2D eigenvalue weighted by molar-refractivity contribution is 0.0935. The molecule has 1 fully saturated rings. The summed E-state index contributed by atoms with van der Waals surface area (Å²) in [6, 6.07) is 5.81. The van der Waals surface area contributed by atoms with Crippen molar-refractivity contribution in [2.75, 3.05) is 6.54 Å². The van der Waals surface area contributed by atoms with Crippen LogP contribution < -0.4 is 15.8 Å². The number of nitrogens with zero attached hydrogens (tertiary/aromatic N) is 2. The lowest BCUT2D eigenvalue weighted by atomic mass is 9.99. The van der Waals surface area contributed by atoms with Crippen LogP contribution in [0.2, 0.25) is 0 Å². The lowest BCUT2D eigenvalue weighted by Crippen LogP contribution is -2.35. The van der Waals surface area contributed by atoms with Crippen LogP contribution in [0.15, 0.2) is 47.8 Å². The second-order valence-corrected chi connectivity index (χ2v) is 11.7. The van der Waals surface area contributed by atoms with Crippen LogP contribution in [-0.4, -0.2) is 36.5 Å². The predicted octanol–water partition coefficient (Wildman–Crippen LogP) is 3.41. The molecule has 2 aliphatic carbocycles. The van der Waals surface area contributed by atoms with Crippen LogP contribution in [0.4, 0.5) is 4.39 Å². The fraction of sp³-hybridized carbons (Fsp3) is 0.400. The van der Waals surface area contributed by atoms with E-state index >= 15 is 0 Å². The van der Waals surface area contributed by atoms with Gasteiger partial charge >= 0.3 is 0 Å². The third-order valence-electron chi connectivity index (χ3n) is 6.51. The Morgan fingerprint density at radius 2 is 2.00 bits per heavy atom. The van der Waals surface area contributed by atoms with Gasteiger partial charge in [-0.2, -0.15) is 0 Å². The maximum Gasteiger partial charge on any atom is 0.253 e. The van der Waals surface area contributed by atoms with Gasteiger partial charge in [0.15, 0.2) is 0 Å². The summed E-state index contributed by atoms with van der Waals surface area (Å²) in [5.41, 5.74) is 7.41. The molecule has 184 valence electrons. The fourth-order valence-corrected chi connectivity index (χ4v) is 6.02. The number of aromatic nitrogens is 2. The van der Waals surface area contributed by atoms with Crippen LogP contribution in [0, 0.1) is 0 Å². The number of carbonyl (C=O) groups is 1. The quantitative estimate of drug-likeness (QED) is 0.459. The van der Waals surface area contributed by atoms with E-state index in [4.69, 9.17) is 5.73 Å². The molecule has 1 aromatic carbocycles. The number of hydrogen-bond donors (Lipinski definition) is 3. The van der Waals surface area contributed by atoms with Crippen LogP contribution in [-0.2, 0) is 10.0 Å². The van der Waals surface area contributed by atoms with Crippen molar-refractivity contribution in [3.8, 4) is 0 Å². The molecule has 0 bridgehead atoms. The van der Waals surface area contributed by atoms with Gasteiger partial charge in [-0.15, -0.1) is 0 Å². The number of fused-ring (bicyclic) bond motifs is 3. The number of nitrogens with one attached hydrogen (secondary N) is 2. The van der Waals surface area contributed by atoms with Gasteiger partial charge in [-0.25, -0.2) is 17.5 Å². The van der Waals surface area contributed by atoms with Gasteiger partial charge in [0, 0.05) is 53.6 Å². The molecule has 10 heteroatoms. The van der Waals surface area contributed by atoms with Crippen LogP contribution in [0.5, 0.6) is 0 Å². The molecular formula is C25H28FN5O3S. The molecule has 3 aromatic rings. The minimum absolute atomic E-state index is 0.0366. The highest BCUT2D eigenvalue weighted by Crippen LogP contribution is 2.46. The Bertz CT molecular complexity index is 1400. The van der Waals surface area contributed by atoms with Crippen molar-refractivity contribution >= 4 is 26.7 Å². The topological polar surface area (TPSA) is 127 Å². The van der Waals surface area contributed by atoms with Gasteiger partial charge in [0.25, 0.3) is 5.91 Å². The summed E-state index contributed by atoms with van der Waals surface area (Å²) in [6.45, 7) is 2.26. The van der Waals surface area contributed by atoms with E-state index in [1.54, 1.807) is 30.6 Å². The maximum atomic E-state index is 14.2. The third kappa shape index (κ3) is 4.78. The standard InChI is InChI=1S/C25H28FN5O3S/c1-25(2,26)13-30-35(33,34)22-9-17-21(31-24(32)15-4-3-7-28-11-15)10-19(27)23(17)18-12-29-20(8-16(18)22)14-5-6-14/h3-4,7-9,11-12,14,19,21,30H,5-6,10,13,27H2,1-2H3,(H,31,32). The van der Waals surface area contributed by atoms with Crippen LogP contribution >= 0.6 is 0 Å². The monoisotopic (exact) mass is 497 g/mol. The van der Waals surface area contributed by atoms with Gasteiger partial charge in [0.2, 0.25) is 10.0 Å². The summed E-state index contributed by atoms with van der Waals surface area (Å²) in [7, 11) is -4.07. The van der Waals surface area contributed by atoms with Gasteiger partial charge in [-0.3, -0.25) is 14.8 Å². The molecule has 2 aliphatic rings. The Balaban J connectivity index is 1.62. The maximum absolute atomic E-state index is 14.2. The van der Waals surface area contributed by atoms with E-state index in [0.29, 0.717) is 34.2 Å². The van der Waals surface area contributed by atoms with E-state index in [-0.39, 0.29) is 17.3 Å². The summed E-state index contributed by atoms with van der Waals surface area (Å²) in [4.78, 5) is 21.4. The van der Waals surface area contributed by atoms with E-state index in [1.807, 2.05) is 6.07 Å². The third-order valence-corrected chi connectivity index (χ3v) is 7.95. The zero-order valence-corrected chi connectivity index (χ0v) is 20.4. The average Bonchev–Trinajstić information content (AvgIpc) is 3.62. The van der Waals surface area contributed by atoms with Crippen LogP contribution in [0.3, 0.4) is 0 Å². The Labute approximate surface area is 203 Å². The van der Waals surface area contributed by atoms with Crippen molar-refractivity contribution in [1.29, 1.82) is 0 Å². The highest BCUT2D eigenvalue weighted by atomic mass is 32.2. The molecule has 0 radical (unpaired) electrons. The number of amides is 1. The first-order chi connectivity index (χ1) is 16.5. The lowest BCUT2D eigenvalue weighted by Gasteiger charge is -2.19. The van der Waals surface area contributed by atoms with Crippen molar-refractivity contribution in [1.82, 2.24) is 20.0 Å². The molecule has 2 unspecified atom stereocenters. The molecule has 8 nitrogen and oxygen atoms in total. The molecule has 2 atom stereocenters. The number of pyridine rings is 2. The second-order valence-electron chi connectivity index (χ2n) is 9.96. The number of benzene rings is 1. The highest BCUT2D eigenvalue weighted by Gasteiger charge is 2.36. The summed E-state index contributed by atoms with van der Waals surface area (Å²) in [5.74, 6) is -0.00620. The van der Waals surface area contributed by atoms with Gasteiger partial charge in [0.1, 0.15) is 5.67 Å². The van der Waals surface area contributed by atoms with E-state index in [1.165, 1.54) is 20.0 Å². The van der Waals surface area contributed by atoms with E-state index < -0.39 is 27.8 Å². The number of hydrogen-bond acceptors (Lipinski definition) is 6. The molecule has 35 heavy (non-hydrogen) atoms. The minimum Gasteiger partial charge on any atom is -0.345 e. The number of sulfonamides is 1. The fourth-order valence-electron chi connectivity index (χ4n) is 4.59. The zero-order chi connectivity index (χ0) is 25.0. The number of nitrogens with two attached hydrogens (primary N) is 1. The largest absolute Gasteiger partial charge is 0.345 e. The Kier molecular flexibility index (Phi) is 5.85. The SMILES string of the molecule is CC(C)(F)CNS(=O)(=O)c1cc2c(c3cnc(C4CC4)cc13)C(N)CC2NC(=O)c1cccnc1. The predicted molar refractivity (Wildman–Crippen MR) is 130 cm³/mol. The van der Waals surface area contributed by atoms with Gasteiger partial charge < -0.3 is 11.1 Å². The summed E-state index contributed by atoms with van der Waals surface area (Å²) >= 11 is 0. The number of carbonyl (C=O) groups excluding carboxylic acids is 1. The second kappa shape index (κ2) is 8.61. The summed E-state index contributed by atoms with van der Waals surface area (Å²) < 4.78 is 43.4. The van der Waals surface area contributed by atoms with Crippen molar-refractivity contribution in [3.63, 3.8) is 0 Å². The normalized spacial score (nSPS) is 20.1. The first-order valence-electron chi connectivity index (χ1n) is 11.6. The Morgan fingerprint density at radius 1 is 1.23 bits per heavy atom. The summed E-state index contributed by atoms with van der Waals surface area (Å²) in [5, 5.41) is 4.12. The Hall–Kier alpha value is -2.95. The van der Waals surface area contributed by atoms with Crippen molar-refractivity contribution in [2.24, 2.45) is 5.73 Å². The molecule has 4 N–H and O–H groups in total. The van der Waals surface area contributed by atoms with Crippen molar-refractivity contribution < 1.29 is 17.6 Å². The first-order valence-corrected chi connectivity index (χ1v) is 13.1. The van der Waals surface area contributed by atoms with Crippen LogP contribution in [0.25, 0.3) is 10.8 Å². The van der Waals surface area contributed by atoms with E-state index in [0.717, 1.165) is 24.1 Å². The smallest absolute Gasteiger partial charge is 0.253 e. The highest BCUT2D eigenvalue weighted by molar-refractivity contribution is 7.89. The Morgan fingerprint density at radius 3 is 2.66 bits per heavy atom. The molecule has 0 saturated heterocycles. The molecule has 2 heterocycles. The number of alkyl halides is 1. The van der Waals surface area contributed by atoms with Gasteiger partial charge in [-0.1, -0.05) is 0 Å². The molecule has 2 aromatic heterocycles. The molecule has 0 aliphatic heterocycles. The van der Waals surface area contributed by atoms with Gasteiger partial charge in [0.05, 0.1) is 16.5 Å². The first kappa shape index (κ1) is 23.8. The molecule has 5 rings (SSSR count). The van der Waals surface area contributed by atoms with Crippen molar-refractivity contribution in [3.05, 3.63) is 65.2 Å². The summed E-state index contributed by atoms with van der Waals surface area (Å²) in [6.07, 6.45) is 7.17. The minimum atomic E-state index is -4.07. The molecule has 1 amide bonds. The zero-order valence-electron chi connectivity index (χ0n) is 19.6. The van der Waals surface area contributed by atoms with E-state index in [2.05, 4.69) is 20.0 Å². The average molecular weight is 498 g/mol. The van der Waals surface area contributed by atoms with Crippen molar-refractivity contribution in [2.45, 2.75) is 61.7 Å². The molecular weight excluding hydrogens is 469 g/mol. The van der Waals surface area contributed by atoms with Crippen LogP contribution in [0.1, 0.15) is 78.3 Å². The number of halogens is 1. The molecule has 1 saturated carbocycles. The molecule has 0 spiro atoms.